The number of para-hydroxylation sites is 1. The number of rotatable bonds is 5. The molecule has 0 atom stereocenters. The van der Waals surface area contributed by atoms with Crippen LogP contribution >= 0.6 is 24.0 Å². The van der Waals surface area contributed by atoms with Crippen LogP contribution in [0.1, 0.15) is 12.0 Å². The molecule has 1 heterocycles. The molecule has 0 amide bonds. The first kappa shape index (κ1) is 19.2. The molecule has 0 bridgehead atoms. The molecule has 22 heavy (non-hydrogen) atoms. The van der Waals surface area contributed by atoms with Crippen LogP contribution in [0.3, 0.4) is 0 Å². The molecular weight excluding hydrogens is 415 g/mol. The second-order valence-electron chi connectivity index (χ2n) is 5.02. The van der Waals surface area contributed by atoms with Gasteiger partial charge in [-0.3, -0.25) is 4.99 Å². The van der Waals surface area contributed by atoms with Gasteiger partial charge in [-0.2, -0.15) is 0 Å². The third-order valence-electron chi connectivity index (χ3n) is 3.36. The van der Waals surface area contributed by atoms with Gasteiger partial charge < -0.3 is 10.2 Å². The Kier molecular flexibility index (Phi) is 7.57. The van der Waals surface area contributed by atoms with E-state index < -0.39 is 10.0 Å². The lowest BCUT2D eigenvalue weighted by molar-refractivity contribution is 0.584. The molecule has 0 fully saturated rings. The van der Waals surface area contributed by atoms with Crippen molar-refractivity contribution in [2.45, 2.75) is 12.8 Å². The molecule has 0 aliphatic carbocycles. The molecule has 124 valence electrons. The number of benzene rings is 1. The highest BCUT2D eigenvalue weighted by Gasteiger charge is 2.21. The smallest absolute Gasteiger partial charge is 0.208 e. The SMILES string of the molecule is CN=C(NCCCNS(C)(=O)=O)N1CCc2ccccc21.I. The number of guanidine groups is 1. The zero-order chi connectivity index (χ0) is 15.3. The van der Waals surface area contributed by atoms with Crippen LogP contribution in [-0.4, -0.2) is 47.3 Å². The van der Waals surface area contributed by atoms with E-state index in [-0.39, 0.29) is 24.0 Å². The summed E-state index contributed by atoms with van der Waals surface area (Å²) in [6, 6.07) is 8.31. The van der Waals surface area contributed by atoms with Gasteiger partial charge in [-0.05, 0) is 24.5 Å². The Morgan fingerprint density at radius 3 is 2.73 bits per heavy atom. The van der Waals surface area contributed by atoms with Gasteiger partial charge in [0, 0.05) is 32.4 Å². The van der Waals surface area contributed by atoms with Crippen LogP contribution in [0, 0.1) is 0 Å². The topological polar surface area (TPSA) is 73.8 Å². The minimum Gasteiger partial charge on any atom is -0.356 e. The number of halogens is 1. The maximum absolute atomic E-state index is 11.0. The molecular formula is C14H23IN4O2S. The maximum atomic E-state index is 11.0. The molecule has 1 aromatic carbocycles. The minimum absolute atomic E-state index is 0. The maximum Gasteiger partial charge on any atom is 0.208 e. The molecule has 0 spiro atoms. The van der Waals surface area contributed by atoms with Gasteiger partial charge in [0.05, 0.1) is 6.26 Å². The summed E-state index contributed by atoms with van der Waals surface area (Å²) in [7, 11) is -1.34. The van der Waals surface area contributed by atoms with Gasteiger partial charge in [0.15, 0.2) is 5.96 Å². The third kappa shape index (κ3) is 5.40. The second kappa shape index (κ2) is 8.68. The van der Waals surface area contributed by atoms with E-state index in [4.69, 9.17) is 0 Å². The van der Waals surface area contributed by atoms with Gasteiger partial charge in [-0.1, -0.05) is 18.2 Å². The lowest BCUT2D eigenvalue weighted by Crippen LogP contribution is -2.41. The van der Waals surface area contributed by atoms with E-state index in [0.717, 1.165) is 18.9 Å². The number of aliphatic imine (C=N–C) groups is 1. The number of fused-ring (bicyclic) bond motifs is 1. The molecule has 2 N–H and O–H groups in total. The van der Waals surface area contributed by atoms with E-state index in [1.165, 1.54) is 17.5 Å². The summed E-state index contributed by atoms with van der Waals surface area (Å²) >= 11 is 0. The fourth-order valence-corrected chi connectivity index (χ4v) is 2.91. The lowest BCUT2D eigenvalue weighted by Gasteiger charge is -2.22. The van der Waals surface area contributed by atoms with Gasteiger partial charge in [0.2, 0.25) is 10.0 Å². The Morgan fingerprint density at radius 1 is 1.32 bits per heavy atom. The number of nitrogens with one attached hydrogen (secondary N) is 2. The Morgan fingerprint density at radius 2 is 2.05 bits per heavy atom. The van der Waals surface area contributed by atoms with Crippen LogP contribution in [0.5, 0.6) is 0 Å². The van der Waals surface area contributed by atoms with E-state index in [1.807, 2.05) is 6.07 Å². The van der Waals surface area contributed by atoms with Crippen molar-refractivity contribution < 1.29 is 8.42 Å². The Balaban J connectivity index is 0.00000242. The van der Waals surface area contributed by atoms with Crippen molar-refractivity contribution in [3.05, 3.63) is 29.8 Å². The normalized spacial score (nSPS) is 14.5. The highest BCUT2D eigenvalue weighted by atomic mass is 127. The molecule has 8 heteroatoms. The van der Waals surface area contributed by atoms with Crippen LogP contribution in [-0.2, 0) is 16.4 Å². The lowest BCUT2D eigenvalue weighted by atomic mass is 10.2. The first-order valence-corrected chi connectivity index (χ1v) is 8.91. The monoisotopic (exact) mass is 438 g/mol. The minimum atomic E-state index is -3.10. The first-order valence-electron chi connectivity index (χ1n) is 7.02. The van der Waals surface area contributed by atoms with E-state index >= 15 is 0 Å². The molecule has 0 aromatic heterocycles. The summed E-state index contributed by atoms with van der Waals surface area (Å²) in [5, 5.41) is 3.28. The van der Waals surface area contributed by atoms with Gasteiger partial charge in [0.25, 0.3) is 0 Å². The molecule has 0 saturated carbocycles. The number of nitrogens with zero attached hydrogens (tertiary/aromatic N) is 2. The first-order chi connectivity index (χ1) is 10.0. The van der Waals surface area contributed by atoms with Gasteiger partial charge in [-0.15, -0.1) is 24.0 Å². The van der Waals surface area contributed by atoms with Crippen molar-refractivity contribution in [1.82, 2.24) is 10.0 Å². The largest absolute Gasteiger partial charge is 0.356 e. The predicted molar refractivity (Wildman–Crippen MR) is 102 cm³/mol. The fraction of sp³-hybridized carbons (Fsp3) is 0.500. The van der Waals surface area contributed by atoms with Gasteiger partial charge in [0.1, 0.15) is 0 Å². The van der Waals surface area contributed by atoms with E-state index in [2.05, 4.69) is 38.1 Å². The van der Waals surface area contributed by atoms with Crippen LogP contribution in [0.25, 0.3) is 0 Å². The summed E-state index contributed by atoms with van der Waals surface area (Å²) in [4.78, 5) is 6.47. The zero-order valence-electron chi connectivity index (χ0n) is 12.9. The standard InChI is InChI=1S/C14H22N4O2S.HI/c1-15-14(16-9-5-10-17-21(2,19)20)18-11-8-12-6-3-4-7-13(12)18;/h3-4,6-7,17H,5,8-11H2,1-2H3,(H,15,16);1H. The second-order valence-corrected chi connectivity index (χ2v) is 6.86. The summed E-state index contributed by atoms with van der Waals surface area (Å²) in [6.45, 7) is 2.02. The van der Waals surface area contributed by atoms with E-state index in [0.29, 0.717) is 19.5 Å². The quantitative estimate of drug-likeness (QED) is 0.314. The zero-order valence-corrected chi connectivity index (χ0v) is 16.0. The van der Waals surface area contributed by atoms with E-state index in [9.17, 15) is 8.42 Å². The van der Waals surface area contributed by atoms with E-state index in [1.54, 1.807) is 7.05 Å². The van der Waals surface area contributed by atoms with Crippen molar-refractivity contribution >= 4 is 45.6 Å². The van der Waals surface area contributed by atoms with Crippen molar-refractivity contribution in [3.63, 3.8) is 0 Å². The number of hydrogen-bond acceptors (Lipinski definition) is 3. The Bertz CT molecular complexity index is 619. The molecule has 0 saturated heterocycles. The van der Waals surface area contributed by atoms with Crippen molar-refractivity contribution in [2.75, 3.05) is 37.8 Å². The molecule has 1 aliphatic rings. The number of sulfonamides is 1. The predicted octanol–water partition coefficient (Wildman–Crippen LogP) is 1.18. The van der Waals surface area contributed by atoms with Gasteiger partial charge in [-0.25, -0.2) is 13.1 Å². The van der Waals surface area contributed by atoms with Crippen LogP contribution in [0.15, 0.2) is 29.3 Å². The molecule has 2 rings (SSSR count). The summed E-state index contributed by atoms with van der Waals surface area (Å²) in [5.74, 6) is 0.833. The highest BCUT2D eigenvalue weighted by molar-refractivity contribution is 14.0. The molecule has 1 aliphatic heterocycles. The number of anilines is 1. The molecule has 0 unspecified atom stereocenters. The van der Waals surface area contributed by atoms with Crippen molar-refractivity contribution in [2.24, 2.45) is 4.99 Å². The highest BCUT2D eigenvalue weighted by Crippen LogP contribution is 2.27. The third-order valence-corrected chi connectivity index (χ3v) is 4.08. The molecule has 0 radical (unpaired) electrons. The summed E-state index contributed by atoms with van der Waals surface area (Å²) < 4.78 is 24.4. The average molecular weight is 438 g/mol. The Hall–Kier alpha value is -0.870. The van der Waals surface area contributed by atoms with Crippen molar-refractivity contribution in [1.29, 1.82) is 0 Å². The Labute approximate surface area is 149 Å². The summed E-state index contributed by atoms with van der Waals surface area (Å²) in [6.07, 6.45) is 2.90. The summed E-state index contributed by atoms with van der Waals surface area (Å²) in [5.41, 5.74) is 2.53. The fourth-order valence-electron chi connectivity index (χ4n) is 2.40. The van der Waals surface area contributed by atoms with Crippen LogP contribution < -0.4 is 14.9 Å². The average Bonchev–Trinajstić information content (AvgIpc) is 2.86. The molecule has 1 aromatic rings. The van der Waals surface area contributed by atoms with Crippen LogP contribution in [0.4, 0.5) is 5.69 Å². The molecule has 6 nitrogen and oxygen atoms in total. The van der Waals surface area contributed by atoms with Gasteiger partial charge >= 0.3 is 0 Å². The van der Waals surface area contributed by atoms with Crippen molar-refractivity contribution in [3.8, 4) is 0 Å². The number of hydrogen-bond donors (Lipinski definition) is 2. The van der Waals surface area contributed by atoms with Crippen LogP contribution in [0.2, 0.25) is 0 Å².